The van der Waals surface area contributed by atoms with Gasteiger partial charge in [0, 0.05) is 25.2 Å². The fourth-order valence-electron chi connectivity index (χ4n) is 6.91. The van der Waals surface area contributed by atoms with Gasteiger partial charge in [0.25, 0.3) is 0 Å². The summed E-state index contributed by atoms with van der Waals surface area (Å²) >= 11 is 0. The van der Waals surface area contributed by atoms with Gasteiger partial charge in [-0.1, -0.05) is 51.1 Å². The summed E-state index contributed by atoms with van der Waals surface area (Å²) in [5, 5.41) is 15.6. The number of nitrogens with zero attached hydrogens (tertiary/aromatic N) is 1. The van der Waals surface area contributed by atoms with E-state index in [1.165, 1.54) is 0 Å². The number of aliphatic hydroxyl groups excluding tert-OH is 1. The van der Waals surface area contributed by atoms with E-state index in [2.05, 4.69) is 31.4 Å². The summed E-state index contributed by atoms with van der Waals surface area (Å²) in [5.74, 6) is -2.01. The fourth-order valence-corrected chi connectivity index (χ4v) is 6.91. The number of ether oxygens (including phenoxy) is 1. The minimum absolute atomic E-state index is 0.00389. The second kappa shape index (κ2) is 9.78. The van der Waals surface area contributed by atoms with Gasteiger partial charge < -0.3 is 25.4 Å². The fraction of sp³-hybridized carbons (Fsp3) is 0.679. The van der Waals surface area contributed by atoms with Crippen molar-refractivity contribution in [2.24, 2.45) is 17.3 Å². The normalized spacial score (nSPS) is 29.4. The standard InChI is InChI=1S/C28H41N3O5/c1-26(2,3)17-27(4,5)30-24(34)22-28-13-12-19(36-28)20(21(28)25(35)31(22)14-9-15-32)23(33)29-16-18-10-7-6-8-11-18/h6-8,10-11,19-22,32H,9,12-17H2,1-5H3,(H,29,33)(H,30,34)/t19-,20+,21+,22?,28?/m1/s1. The van der Waals surface area contributed by atoms with Crippen molar-refractivity contribution in [1.29, 1.82) is 0 Å². The molecule has 4 rings (SSSR count). The zero-order valence-electron chi connectivity index (χ0n) is 22.2. The molecule has 0 aliphatic carbocycles. The van der Waals surface area contributed by atoms with Crippen LogP contribution in [0.2, 0.25) is 0 Å². The monoisotopic (exact) mass is 499 g/mol. The molecule has 0 aromatic heterocycles. The molecule has 3 aliphatic heterocycles. The van der Waals surface area contributed by atoms with Crippen LogP contribution in [0, 0.1) is 17.3 Å². The first kappa shape index (κ1) is 26.6. The molecule has 3 heterocycles. The Morgan fingerprint density at radius 3 is 2.47 bits per heavy atom. The Morgan fingerprint density at radius 1 is 1.14 bits per heavy atom. The van der Waals surface area contributed by atoms with Gasteiger partial charge in [0.1, 0.15) is 11.6 Å². The first-order chi connectivity index (χ1) is 16.9. The summed E-state index contributed by atoms with van der Waals surface area (Å²) in [7, 11) is 0. The number of fused-ring (bicyclic) bond motifs is 1. The summed E-state index contributed by atoms with van der Waals surface area (Å²) < 4.78 is 6.45. The number of aliphatic hydroxyl groups is 1. The molecule has 3 saturated heterocycles. The summed E-state index contributed by atoms with van der Waals surface area (Å²) in [6.07, 6.45) is 1.93. The predicted octanol–water partition coefficient (Wildman–Crippen LogP) is 2.39. The van der Waals surface area contributed by atoms with E-state index in [4.69, 9.17) is 4.74 Å². The van der Waals surface area contributed by atoms with Gasteiger partial charge in [-0.05, 0) is 50.5 Å². The van der Waals surface area contributed by atoms with Crippen molar-refractivity contribution in [3.05, 3.63) is 35.9 Å². The van der Waals surface area contributed by atoms with E-state index >= 15 is 0 Å². The molecule has 2 bridgehead atoms. The van der Waals surface area contributed by atoms with Crippen LogP contribution in [-0.4, -0.2) is 64.2 Å². The highest BCUT2D eigenvalue weighted by Gasteiger charge is 2.74. The van der Waals surface area contributed by atoms with Crippen LogP contribution in [0.1, 0.15) is 65.9 Å². The Kier molecular flexibility index (Phi) is 7.23. The Hall–Kier alpha value is -2.45. The van der Waals surface area contributed by atoms with Crippen LogP contribution in [0.25, 0.3) is 0 Å². The maximum Gasteiger partial charge on any atom is 0.246 e. The Balaban J connectivity index is 1.58. The highest BCUT2D eigenvalue weighted by molar-refractivity contribution is 5.99. The number of hydrogen-bond donors (Lipinski definition) is 3. The number of benzene rings is 1. The molecule has 1 aromatic carbocycles. The number of likely N-dealkylation sites (tertiary alicyclic amines) is 1. The van der Waals surface area contributed by atoms with E-state index in [9.17, 15) is 19.5 Å². The zero-order valence-corrected chi connectivity index (χ0v) is 22.2. The van der Waals surface area contributed by atoms with Crippen LogP contribution in [0.5, 0.6) is 0 Å². The van der Waals surface area contributed by atoms with Gasteiger partial charge in [-0.25, -0.2) is 0 Å². The Bertz CT molecular complexity index is 989. The molecule has 3 fully saturated rings. The van der Waals surface area contributed by atoms with E-state index in [1.54, 1.807) is 4.90 Å². The molecule has 3 N–H and O–H groups in total. The lowest BCUT2D eigenvalue weighted by atomic mass is 9.70. The zero-order chi connectivity index (χ0) is 26.3. The first-order valence-corrected chi connectivity index (χ1v) is 13.1. The molecule has 3 amide bonds. The van der Waals surface area contributed by atoms with Crippen molar-refractivity contribution >= 4 is 17.7 Å². The molecule has 198 valence electrons. The van der Waals surface area contributed by atoms with Crippen molar-refractivity contribution in [3.8, 4) is 0 Å². The molecule has 0 saturated carbocycles. The average molecular weight is 500 g/mol. The maximum atomic E-state index is 13.8. The minimum atomic E-state index is -1.02. The molecule has 1 aromatic rings. The van der Waals surface area contributed by atoms with Gasteiger partial charge in [0.15, 0.2) is 0 Å². The van der Waals surface area contributed by atoms with Crippen molar-refractivity contribution in [1.82, 2.24) is 15.5 Å². The van der Waals surface area contributed by atoms with Crippen molar-refractivity contribution in [3.63, 3.8) is 0 Å². The second-order valence-corrected chi connectivity index (χ2v) is 12.5. The van der Waals surface area contributed by atoms with E-state index < -0.39 is 29.0 Å². The third-order valence-corrected chi connectivity index (χ3v) is 7.65. The molecule has 8 heteroatoms. The molecule has 8 nitrogen and oxygen atoms in total. The first-order valence-electron chi connectivity index (χ1n) is 13.1. The minimum Gasteiger partial charge on any atom is -0.396 e. The number of rotatable bonds is 9. The maximum absolute atomic E-state index is 13.8. The smallest absolute Gasteiger partial charge is 0.246 e. The highest BCUT2D eigenvalue weighted by Crippen LogP contribution is 2.58. The number of amides is 3. The molecular formula is C28H41N3O5. The largest absolute Gasteiger partial charge is 0.396 e. The van der Waals surface area contributed by atoms with Gasteiger partial charge in [-0.2, -0.15) is 0 Å². The van der Waals surface area contributed by atoms with Crippen LogP contribution in [0.4, 0.5) is 0 Å². The number of carbonyl (C=O) groups is 3. The molecule has 3 aliphatic rings. The topological polar surface area (TPSA) is 108 Å². The van der Waals surface area contributed by atoms with E-state index in [0.29, 0.717) is 25.8 Å². The predicted molar refractivity (Wildman–Crippen MR) is 136 cm³/mol. The number of carbonyl (C=O) groups excluding carboxylic acids is 3. The third-order valence-electron chi connectivity index (χ3n) is 7.65. The van der Waals surface area contributed by atoms with Gasteiger partial charge in [0.2, 0.25) is 17.7 Å². The molecule has 36 heavy (non-hydrogen) atoms. The molecule has 0 radical (unpaired) electrons. The number of hydrogen-bond acceptors (Lipinski definition) is 5. The average Bonchev–Trinajstić information content (AvgIpc) is 3.42. The van der Waals surface area contributed by atoms with E-state index in [1.807, 2.05) is 44.2 Å². The lowest BCUT2D eigenvalue weighted by Gasteiger charge is -2.38. The second-order valence-electron chi connectivity index (χ2n) is 12.5. The molecule has 1 spiro atoms. The highest BCUT2D eigenvalue weighted by atomic mass is 16.5. The summed E-state index contributed by atoms with van der Waals surface area (Å²) in [5.41, 5.74) is -0.526. The van der Waals surface area contributed by atoms with Gasteiger partial charge >= 0.3 is 0 Å². The summed E-state index contributed by atoms with van der Waals surface area (Å²) in [6.45, 7) is 10.9. The van der Waals surface area contributed by atoms with Crippen LogP contribution < -0.4 is 10.6 Å². The van der Waals surface area contributed by atoms with Crippen LogP contribution in [0.15, 0.2) is 30.3 Å². The Labute approximate surface area is 214 Å². The molecular weight excluding hydrogens is 458 g/mol. The van der Waals surface area contributed by atoms with Crippen molar-refractivity contribution in [2.45, 2.75) is 90.1 Å². The van der Waals surface area contributed by atoms with Gasteiger partial charge in [-0.3, -0.25) is 14.4 Å². The molecule has 5 atom stereocenters. The quantitative estimate of drug-likeness (QED) is 0.484. The Morgan fingerprint density at radius 2 is 1.83 bits per heavy atom. The SMILES string of the molecule is CC(C)(C)CC(C)(C)NC(=O)C1N(CCCO)C(=O)[C@@H]2[C@@H](C(=O)NCc3ccccc3)[C@H]3CCC12O3. The molecule has 2 unspecified atom stereocenters. The lowest BCUT2D eigenvalue weighted by Crippen LogP contribution is -2.59. The third kappa shape index (κ3) is 5.02. The van der Waals surface area contributed by atoms with Crippen LogP contribution in [0.3, 0.4) is 0 Å². The lowest BCUT2D eigenvalue weighted by molar-refractivity contribution is -0.143. The van der Waals surface area contributed by atoms with E-state index in [0.717, 1.165) is 12.0 Å². The van der Waals surface area contributed by atoms with Gasteiger partial charge in [0.05, 0.1) is 17.9 Å². The van der Waals surface area contributed by atoms with Crippen molar-refractivity contribution in [2.75, 3.05) is 13.2 Å². The van der Waals surface area contributed by atoms with Crippen molar-refractivity contribution < 1.29 is 24.2 Å². The van der Waals surface area contributed by atoms with Crippen LogP contribution >= 0.6 is 0 Å². The number of nitrogens with one attached hydrogen (secondary N) is 2. The van der Waals surface area contributed by atoms with Crippen LogP contribution in [-0.2, 0) is 25.7 Å². The summed E-state index contributed by atoms with van der Waals surface area (Å²) in [4.78, 5) is 42.5. The van der Waals surface area contributed by atoms with Gasteiger partial charge in [-0.15, -0.1) is 0 Å². The van der Waals surface area contributed by atoms with E-state index in [-0.39, 0.29) is 42.4 Å². The summed E-state index contributed by atoms with van der Waals surface area (Å²) in [6, 6.07) is 8.82.